The molecular formula is C20H35IN4O3S. The van der Waals surface area contributed by atoms with Gasteiger partial charge in [0.1, 0.15) is 0 Å². The number of thiophene rings is 1. The molecule has 1 aromatic heterocycles. The van der Waals surface area contributed by atoms with Crippen molar-refractivity contribution in [3.8, 4) is 0 Å². The second-order valence-corrected chi connectivity index (χ2v) is 7.67. The quantitative estimate of drug-likeness (QED) is 0.196. The van der Waals surface area contributed by atoms with E-state index < -0.39 is 0 Å². The highest BCUT2D eigenvalue weighted by atomic mass is 127. The highest BCUT2D eigenvalue weighted by Gasteiger charge is 2.21. The molecule has 0 radical (unpaired) electrons. The number of carbonyl (C=O) groups is 1. The minimum absolute atomic E-state index is 0. The molecule has 0 spiro atoms. The lowest BCUT2D eigenvalue weighted by Crippen LogP contribution is -2.47. The van der Waals surface area contributed by atoms with E-state index in [9.17, 15) is 4.79 Å². The molecule has 2 N–H and O–H groups in total. The van der Waals surface area contributed by atoms with Gasteiger partial charge in [0, 0.05) is 53.0 Å². The Balaban J connectivity index is 0.00000420. The number of halogens is 1. The molecule has 1 amide bonds. The molecule has 29 heavy (non-hydrogen) atoms. The molecule has 1 aliphatic rings. The van der Waals surface area contributed by atoms with Crippen LogP contribution in [0.2, 0.25) is 0 Å². The van der Waals surface area contributed by atoms with Gasteiger partial charge in [0.05, 0.1) is 11.0 Å². The number of likely N-dealkylation sites (tertiary alicyclic amines) is 1. The highest BCUT2D eigenvalue weighted by molar-refractivity contribution is 14.0. The first-order chi connectivity index (χ1) is 13.7. The maximum atomic E-state index is 11.9. The van der Waals surface area contributed by atoms with E-state index in [1.807, 2.05) is 17.5 Å². The van der Waals surface area contributed by atoms with Gasteiger partial charge in [-0.1, -0.05) is 6.07 Å². The molecule has 0 aliphatic carbocycles. The number of methoxy groups -OCH3 is 1. The van der Waals surface area contributed by atoms with Gasteiger partial charge in [-0.05, 0) is 44.1 Å². The predicted octanol–water partition coefficient (Wildman–Crippen LogP) is 2.97. The molecule has 1 fully saturated rings. The third-order valence-electron chi connectivity index (χ3n) is 4.55. The van der Waals surface area contributed by atoms with Crippen molar-refractivity contribution in [3.63, 3.8) is 0 Å². The maximum Gasteiger partial charge on any atom is 0.261 e. The van der Waals surface area contributed by atoms with Crippen molar-refractivity contribution in [1.29, 1.82) is 0 Å². The molecular weight excluding hydrogens is 503 g/mol. The summed E-state index contributed by atoms with van der Waals surface area (Å²) in [6.07, 6.45) is 4.15. The van der Waals surface area contributed by atoms with Crippen LogP contribution in [0.25, 0.3) is 0 Å². The molecule has 9 heteroatoms. The average molecular weight is 538 g/mol. The molecule has 0 bridgehead atoms. The van der Waals surface area contributed by atoms with Gasteiger partial charge in [0.2, 0.25) is 0 Å². The number of hydrogen-bond acceptors (Lipinski definition) is 5. The second kappa shape index (κ2) is 15.9. The van der Waals surface area contributed by atoms with Crippen LogP contribution in [0.4, 0.5) is 0 Å². The van der Waals surface area contributed by atoms with Crippen LogP contribution in [0.15, 0.2) is 22.5 Å². The SMILES string of the molecule is CCNC(=NCCCNC(=O)c1cccs1)N1CCC(OCCCOC)CC1.I. The zero-order valence-corrected chi connectivity index (χ0v) is 20.7. The summed E-state index contributed by atoms with van der Waals surface area (Å²) in [5.74, 6) is 0.961. The summed E-state index contributed by atoms with van der Waals surface area (Å²) in [6, 6.07) is 3.73. The van der Waals surface area contributed by atoms with E-state index in [0.717, 1.165) is 69.4 Å². The number of carbonyl (C=O) groups excluding carboxylic acids is 1. The van der Waals surface area contributed by atoms with Crippen LogP contribution in [-0.2, 0) is 9.47 Å². The zero-order chi connectivity index (χ0) is 20.0. The summed E-state index contributed by atoms with van der Waals surface area (Å²) in [5.41, 5.74) is 0. The summed E-state index contributed by atoms with van der Waals surface area (Å²) in [4.78, 5) is 19.7. The maximum absolute atomic E-state index is 11.9. The fourth-order valence-corrected chi connectivity index (χ4v) is 3.71. The molecule has 7 nitrogen and oxygen atoms in total. The molecule has 0 unspecified atom stereocenters. The Morgan fingerprint density at radius 1 is 1.28 bits per heavy atom. The minimum atomic E-state index is -0.00143. The number of rotatable bonds is 11. The van der Waals surface area contributed by atoms with Gasteiger partial charge in [-0.15, -0.1) is 35.3 Å². The van der Waals surface area contributed by atoms with Crippen LogP contribution >= 0.6 is 35.3 Å². The third-order valence-corrected chi connectivity index (χ3v) is 5.42. The molecule has 2 heterocycles. The highest BCUT2D eigenvalue weighted by Crippen LogP contribution is 2.14. The summed E-state index contributed by atoms with van der Waals surface area (Å²) in [6.45, 7) is 7.70. The van der Waals surface area contributed by atoms with Crippen LogP contribution in [0.5, 0.6) is 0 Å². The van der Waals surface area contributed by atoms with Crippen molar-refractivity contribution in [3.05, 3.63) is 22.4 Å². The molecule has 0 atom stereocenters. The van der Waals surface area contributed by atoms with Gasteiger partial charge < -0.3 is 25.0 Å². The van der Waals surface area contributed by atoms with E-state index >= 15 is 0 Å². The number of guanidine groups is 1. The molecule has 1 aliphatic heterocycles. The van der Waals surface area contributed by atoms with E-state index in [1.54, 1.807) is 7.11 Å². The summed E-state index contributed by atoms with van der Waals surface area (Å²) in [5, 5.41) is 8.24. The molecule has 1 saturated heterocycles. The van der Waals surface area contributed by atoms with Crippen LogP contribution in [-0.4, -0.2) is 75.9 Å². The lowest BCUT2D eigenvalue weighted by Gasteiger charge is -2.34. The first-order valence-corrected chi connectivity index (χ1v) is 11.1. The summed E-state index contributed by atoms with van der Waals surface area (Å²) in [7, 11) is 1.72. The Hall–Kier alpha value is -0.910. The lowest BCUT2D eigenvalue weighted by atomic mass is 10.1. The fraction of sp³-hybridized carbons (Fsp3) is 0.700. The Bertz CT molecular complexity index is 578. The first-order valence-electron chi connectivity index (χ1n) is 10.2. The van der Waals surface area contributed by atoms with Crippen molar-refractivity contribution < 1.29 is 14.3 Å². The average Bonchev–Trinajstić information content (AvgIpc) is 3.26. The minimum Gasteiger partial charge on any atom is -0.385 e. The van der Waals surface area contributed by atoms with Gasteiger partial charge in [-0.2, -0.15) is 0 Å². The fourth-order valence-electron chi connectivity index (χ4n) is 3.07. The van der Waals surface area contributed by atoms with Gasteiger partial charge in [-0.3, -0.25) is 9.79 Å². The predicted molar refractivity (Wildman–Crippen MR) is 130 cm³/mol. The third kappa shape index (κ3) is 10.1. The Kier molecular flexibility index (Phi) is 14.3. The topological polar surface area (TPSA) is 75.2 Å². The van der Waals surface area contributed by atoms with Gasteiger partial charge in [-0.25, -0.2) is 0 Å². The smallest absolute Gasteiger partial charge is 0.261 e. The monoisotopic (exact) mass is 538 g/mol. The van der Waals surface area contributed by atoms with Gasteiger partial charge in [0.15, 0.2) is 5.96 Å². The van der Waals surface area contributed by atoms with E-state index in [0.29, 0.717) is 19.2 Å². The van der Waals surface area contributed by atoms with Crippen molar-refractivity contribution in [1.82, 2.24) is 15.5 Å². The van der Waals surface area contributed by atoms with Crippen LogP contribution in [0.1, 0.15) is 42.3 Å². The van der Waals surface area contributed by atoms with E-state index in [-0.39, 0.29) is 29.9 Å². The normalized spacial score (nSPS) is 15.1. The number of ether oxygens (including phenoxy) is 2. The van der Waals surface area contributed by atoms with Crippen molar-refractivity contribution in [2.45, 2.75) is 38.7 Å². The summed E-state index contributed by atoms with van der Waals surface area (Å²) < 4.78 is 11.0. The standard InChI is InChI=1S/C20H34N4O3S.HI/c1-3-21-20(23-11-5-10-22-19(25)18-7-4-16-28-18)24-12-8-17(9-13-24)27-15-6-14-26-2;/h4,7,16-17H,3,5-6,8-15H2,1-2H3,(H,21,23)(H,22,25);1H. The number of amides is 1. The van der Waals surface area contributed by atoms with E-state index in [1.165, 1.54) is 11.3 Å². The first kappa shape index (κ1) is 26.1. The number of hydrogen-bond donors (Lipinski definition) is 2. The molecule has 1 aromatic rings. The second-order valence-electron chi connectivity index (χ2n) is 6.73. The zero-order valence-electron chi connectivity index (χ0n) is 17.5. The largest absolute Gasteiger partial charge is 0.385 e. The molecule has 0 aromatic carbocycles. The lowest BCUT2D eigenvalue weighted by molar-refractivity contribution is 0.00990. The van der Waals surface area contributed by atoms with Crippen molar-refractivity contribution in [2.24, 2.45) is 4.99 Å². The van der Waals surface area contributed by atoms with Crippen molar-refractivity contribution in [2.75, 3.05) is 53.0 Å². The summed E-state index contributed by atoms with van der Waals surface area (Å²) >= 11 is 1.46. The van der Waals surface area contributed by atoms with E-state index in [2.05, 4.69) is 22.5 Å². The van der Waals surface area contributed by atoms with Gasteiger partial charge in [0.25, 0.3) is 5.91 Å². The Labute approximate surface area is 195 Å². The molecule has 2 rings (SSSR count). The molecule has 166 valence electrons. The van der Waals surface area contributed by atoms with Gasteiger partial charge >= 0.3 is 0 Å². The van der Waals surface area contributed by atoms with Crippen LogP contribution < -0.4 is 10.6 Å². The van der Waals surface area contributed by atoms with Crippen LogP contribution in [0.3, 0.4) is 0 Å². The Morgan fingerprint density at radius 3 is 2.72 bits per heavy atom. The Morgan fingerprint density at radius 2 is 2.07 bits per heavy atom. The number of nitrogens with zero attached hydrogens (tertiary/aromatic N) is 2. The van der Waals surface area contributed by atoms with Crippen LogP contribution in [0, 0.1) is 0 Å². The van der Waals surface area contributed by atoms with Crippen molar-refractivity contribution >= 4 is 47.2 Å². The van der Waals surface area contributed by atoms with E-state index in [4.69, 9.17) is 14.5 Å². The number of nitrogens with one attached hydrogen (secondary N) is 2. The number of piperidine rings is 1. The molecule has 0 saturated carbocycles. The number of aliphatic imine (C=N–C) groups is 1.